The summed E-state index contributed by atoms with van der Waals surface area (Å²) in [6.07, 6.45) is 1.79. The molecule has 3 heterocycles. The maximum atomic E-state index is 4.95. The van der Waals surface area contributed by atoms with Gasteiger partial charge in [0.25, 0.3) is 0 Å². The minimum atomic E-state index is 0.832. The Kier molecular flexibility index (Phi) is 3.93. The molecular formula is C22H24N6. The van der Waals surface area contributed by atoms with Crippen LogP contribution in [0.1, 0.15) is 16.7 Å². The van der Waals surface area contributed by atoms with Crippen molar-refractivity contribution in [2.45, 2.75) is 20.8 Å². The molecule has 1 fully saturated rings. The van der Waals surface area contributed by atoms with E-state index in [1.54, 1.807) is 6.33 Å². The average Bonchev–Trinajstić information content (AvgIpc) is 3.18. The lowest BCUT2D eigenvalue weighted by molar-refractivity contribution is 0.647. The summed E-state index contributed by atoms with van der Waals surface area (Å²) >= 11 is 0. The van der Waals surface area contributed by atoms with Crippen LogP contribution in [0.3, 0.4) is 0 Å². The van der Waals surface area contributed by atoms with Gasteiger partial charge in [0.2, 0.25) is 5.65 Å². The van der Waals surface area contributed by atoms with Crippen LogP contribution in [0.25, 0.3) is 16.7 Å². The molecule has 0 aliphatic carbocycles. The van der Waals surface area contributed by atoms with Crippen molar-refractivity contribution >= 4 is 28.2 Å². The Hall–Kier alpha value is -3.15. The molecule has 28 heavy (non-hydrogen) atoms. The summed E-state index contributed by atoms with van der Waals surface area (Å²) in [5.41, 5.74) is 8.05. The molecule has 0 saturated carbocycles. The van der Waals surface area contributed by atoms with Crippen LogP contribution in [0.4, 0.5) is 11.5 Å². The molecule has 1 saturated heterocycles. The second kappa shape index (κ2) is 6.48. The highest BCUT2D eigenvalue weighted by molar-refractivity contribution is 5.83. The molecule has 5 rings (SSSR count). The SMILES string of the molecule is Cc1ccc(N2CCN(c3nc4ccc(C)cc4n4cnnc34)CC2)c(C)c1. The smallest absolute Gasteiger partial charge is 0.204 e. The van der Waals surface area contributed by atoms with Gasteiger partial charge in [-0.25, -0.2) is 4.98 Å². The van der Waals surface area contributed by atoms with E-state index in [9.17, 15) is 0 Å². The van der Waals surface area contributed by atoms with Gasteiger partial charge in [0.05, 0.1) is 11.0 Å². The number of fused-ring (bicyclic) bond motifs is 3. The normalized spacial score (nSPS) is 15.0. The first-order valence-corrected chi connectivity index (χ1v) is 9.77. The first kappa shape index (κ1) is 17.0. The van der Waals surface area contributed by atoms with Gasteiger partial charge in [-0.1, -0.05) is 23.8 Å². The van der Waals surface area contributed by atoms with Crippen molar-refractivity contribution in [1.82, 2.24) is 19.6 Å². The van der Waals surface area contributed by atoms with E-state index < -0.39 is 0 Å². The third kappa shape index (κ3) is 2.76. The second-order valence-corrected chi connectivity index (χ2v) is 7.72. The summed E-state index contributed by atoms with van der Waals surface area (Å²) in [4.78, 5) is 9.76. The van der Waals surface area contributed by atoms with Gasteiger partial charge in [0, 0.05) is 31.9 Å². The van der Waals surface area contributed by atoms with Gasteiger partial charge in [-0.3, -0.25) is 4.40 Å². The number of hydrogen-bond donors (Lipinski definition) is 0. The number of rotatable bonds is 2. The molecule has 0 amide bonds. The summed E-state index contributed by atoms with van der Waals surface area (Å²) in [6.45, 7) is 10.2. The first-order chi connectivity index (χ1) is 13.6. The van der Waals surface area contributed by atoms with Crippen molar-refractivity contribution in [3.63, 3.8) is 0 Å². The van der Waals surface area contributed by atoms with E-state index >= 15 is 0 Å². The second-order valence-electron chi connectivity index (χ2n) is 7.72. The standard InChI is InChI=1S/C22H24N6/c1-15-5-7-19(17(3)12-15)26-8-10-27(11-9-26)21-22-25-23-14-28(22)20-13-16(2)4-6-18(20)24-21/h4-7,12-14H,8-11H2,1-3H3. The molecule has 0 N–H and O–H groups in total. The predicted octanol–water partition coefficient (Wildman–Crippen LogP) is 3.53. The van der Waals surface area contributed by atoms with Gasteiger partial charge in [0.15, 0.2) is 5.82 Å². The largest absolute Gasteiger partial charge is 0.368 e. The Morgan fingerprint density at radius 3 is 2.32 bits per heavy atom. The minimum Gasteiger partial charge on any atom is -0.368 e. The average molecular weight is 372 g/mol. The van der Waals surface area contributed by atoms with Gasteiger partial charge in [0.1, 0.15) is 6.33 Å². The number of hydrogen-bond acceptors (Lipinski definition) is 5. The predicted molar refractivity (Wildman–Crippen MR) is 113 cm³/mol. The number of anilines is 2. The van der Waals surface area contributed by atoms with E-state index in [1.165, 1.54) is 22.4 Å². The Morgan fingerprint density at radius 1 is 0.821 bits per heavy atom. The molecular weight excluding hydrogens is 348 g/mol. The van der Waals surface area contributed by atoms with Crippen LogP contribution < -0.4 is 9.80 Å². The zero-order valence-corrected chi connectivity index (χ0v) is 16.6. The Bertz CT molecular complexity index is 1170. The van der Waals surface area contributed by atoms with Crippen LogP contribution >= 0.6 is 0 Å². The maximum Gasteiger partial charge on any atom is 0.204 e. The summed E-state index contributed by atoms with van der Waals surface area (Å²) in [7, 11) is 0. The highest BCUT2D eigenvalue weighted by Gasteiger charge is 2.23. The van der Waals surface area contributed by atoms with Gasteiger partial charge in [-0.05, 0) is 50.1 Å². The molecule has 6 heteroatoms. The van der Waals surface area contributed by atoms with Gasteiger partial charge in [-0.15, -0.1) is 10.2 Å². The van der Waals surface area contributed by atoms with Crippen LogP contribution in [-0.2, 0) is 0 Å². The lowest BCUT2D eigenvalue weighted by Crippen LogP contribution is -2.47. The lowest BCUT2D eigenvalue weighted by atomic mass is 10.1. The topological polar surface area (TPSA) is 49.6 Å². The molecule has 0 unspecified atom stereocenters. The van der Waals surface area contributed by atoms with E-state index in [0.29, 0.717) is 0 Å². The van der Waals surface area contributed by atoms with Crippen molar-refractivity contribution in [1.29, 1.82) is 0 Å². The Labute approximate surface area is 164 Å². The Morgan fingerprint density at radius 2 is 1.54 bits per heavy atom. The molecule has 1 aliphatic rings. The van der Waals surface area contributed by atoms with Gasteiger partial charge < -0.3 is 9.80 Å². The Balaban J connectivity index is 1.47. The van der Waals surface area contributed by atoms with E-state index in [1.807, 2.05) is 0 Å². The summed E-state index contributed by atoms with van der Waals surface area (Å²) in [5.74, 6) is 0.925. The zero-order valence-electron chi connectivity index (χ0n) is 16.6. The molecule has 0 bridgehead atoms. The zero-order chi connectivity index (χ0) is 19.3. The van der Waals surface area contributed by atoms with Crippen molar-refractivity contribution in [3.05, 3.63) is 59.4 Å². The highest BCUT2D eigenvalue weighted by Crippen LogP contribution is 2.27. The maximum absolute atomic E-state index is 4.95. The van der Waals surface area contributed by atoms with Gasteiger partial charge >= 0.3 is 0 Å². The third-order valence-electron chi connectivity index (χ3n) is 5.64. The van der Waals surface area contributed by atoms with E-state index in [4.69, 9.17) is 4.98 Å². The highest BCUT2D eigenvalue weighted by atomic mass is 15.3. The number of piperazine rings is 1. The van der Waals surface area contributed by atoms with Crippen LogP contribution in [0.2, 0.25) is 0 Å². The first-order valence-electron chi connectivity index (χ1n) is 9.77. The molecule has 0 atom stereocenters. The van der Waals surface area contributed by atoms with E-state index in [0.717, 1.165) is 48.7 Å². The monoisotopic (exact) mass is 372 g/mol. The quantitative estimate of drug-likeness (QED) is 0.539. The van der Waals surface area contributed by atoms with E-state index in [-0.39, 0.29) is 0 Å². The fourth-order valence-corrected chi connectivity index (χ4v) is 4.18. The lowest BCUT2D eigenvalue weighted by Gasteiger charge is -2.37. The van der Waals surface area contributed by atoms with Crippen LogP contribution in [-0.4, -0.2) is 45.8 Å². The molecule has 6 nitrogen and oxygen atoms in total. The molecule has 0 spiro atoms. The molecule has 1 aliphatic heterocycles. The van der Waals surface area contributed by atoms with E-state index in [2.05, 4.69) is 81.6 Å². The van der Waals surface area contributed by atoms with Crippen LogP contribution in [0, 0.1) is 20.8 Å². The van der Waals surface area contributed by atoms with Crippen LogP contribution in [0.15, 0.2) is 42.7 Å². The van der Waals surface area contributed by atoms with Crippen molar-refractivity contribution in [3.8, 4) is 0 Å². The number of benzene rings is 2. The van der Waals surface area contributed by atoms with Gasteiger partial charge in [-0.2, -0.15) is 0 Å². The van der Waals surface area contributed by atoms with Crippen molar-refractivity contribution < 1.29 is 0 Å². The third-order valence-corrected chi connectivity index (χ3v) is 5.64. The van der Waals surface area contributed by atoms with Crippen LogP contribution in [0.5, 0.6) is 0 Å². The summed E-state index contributed by atoms with van der Waals surface area (Å²) < 4.78 is 2.06. The molecule has 2 aromatic heterocycles. The van der Waals surface area contributed by atoms with Crippen molar-refractivity contribution in [2.75, 3.05) is 36.0 Å². The number of aromatic nitrogens is 4. The fraction of sp³-hybridized carbons (Fsp3) is 0.318. The summed E-state index contributed by atoms with van der Waals surface area (Å²) in [6, 6.07) is 13.0. The fourth-order valence-electron chi connectivity index (χ4n) is 4.18. The molecule has 0 radical (unpaired) electrons. The number of nitrogens with zero attached hydrogens (tertiary/aromatic N) is 6. The molecule has 4 aromatic rings. The molecule has 142 valence electrons. The van der Waals surface area contributed by atoms with Crippen molar-refractivity contribution in [2.24, 2.45) is 0 Å². The molecule has 2 aromatic carbocycles. The summed E-state index contributed by atoms with van der Waals surface area (Å²) in [5, 5.41) is 8.52. The number of aryl methyl sites for hydroxylation is 3. The minimum absolute atomic E-state index is 0.832.